The number of methoxy groups -OCH3 is 1. The van der Waals surface area contributed by atoms with Gasteiger partial charge in [0.25, 0.3) is 0 Å². The largest absolute Gasteiger partial charge is 0.508 e. The first-order chi connectivity index (χ1) is 10.8. The third kappa shape index (κ3) is 6.93. The van der Waals surface area contributed by atoms with Crippen molar-refractivity contribution in [2.45, 2.75) is 70.6 Å². The molecule has 0 heterocycles. The molecule has 132 valence electrons. The van der Waals surface area contributed by atoms with Gasteiger partial charge in [-0.1, -0.05) is 25.8 Å². The molecule has 1 saturated carbocycles. The summed E-state index contributed by atoms with van der Waals surface area (Å²) in [6.45, 7) is 9.13. The van der Waals surface area contributed by atoms with Crippen molar-refractivity contribution in [3.63, 3.8) is 0 Å². The van der Waals surface area contributed by atoms with Crippen LogP contribution in [0.1, 0.15) is 52.9 Å². The molecule has 1 rings (SSSR count). The molecule has 0 bridgehead atoms. The maximum absolute atomic E-state index is 12.1. The van der Waals surface area contributed by atoms with Crippen molar-refractivity contribution in [1.29, 1.82) is 0 Å². The molecule has 23 heavy (non-hydrogen) atoms. The minimum absolute atomic E-state index is 0.212. The second kappa shape index (κ2) is 8.79. The lowest BCUT2D eigenvalue weighted by molar-refractivity contribution is 0.0156. The predicted octanol–water partition coefficient (Wildman–Crippen LogP) is 3.80. The molecular weight excluding hydrogens is 298 g/mol. The van der Waals surface area contributed by atoms with Gasteiger partial charge in [0, 0.05) is 0 Å². The van der Waals surface area contributed by atoms with Crippen molar-refractivity contribution in [1.82, 2.24) is 5.32 Å². The van der Waals surface area contributed by atoms with Crippen molar-refractivity contribution in [2.24, 2.45) is 5.92 Å². The zero-order valence-corrected chi connectivity index (χ0v) is 14.6. The van der Waals surface area contributed by atoms with Crippen LogP contribution in [0.25, 0.3) is 0 Å². The molecule has 6 heteroatoms. The van der Waals surface area contributed by atoms with Crippen LogP contribution in [0.15, 0.2) is 12.7 Å². The molecule has 0 aromatic carbocycles. The molecule has 2 atom stereocenters. The number of hydrogen-bond donors (Lipinski definition) is 1. The van der Waals surface area contributed by atoms with Crippen molar-refractivity contribution >= 4 is 12.2 Å². The maximum Gasteiger partial charge on any atom is 0.508 e. The Kier molecular flexibility index (Phi) is 7.39. The molecule has 1 aliphatic carbocycles. The molecule has 0 saturated heterocycles. The van der Waals surface area contributed by atoms with Crippen molar-refractivity contribution in [3.8, 4) is 0 Å². The van der Waals surface area contributed by atoms with E-state index in [2.05, 4.69) is 16.6 Å². The van der Waals surface area contributed by atoms with Gasteiger partial charge in [-0.15, -0.1) is 0 Å². The monoisotopic (exact) mass is 327 g/mol. The Morgan fingerprint density at radius 1 is 1.22 bits per heavy atom. The first-order valence-corrected chi connectivity index (χ1v) is 8.13. The molecule has 0 aliphatic heterocycles. The number of alkyl carbamates (subject to hydrolysis) is 1. The number of carbonyl (C=O) groups excluding carboxylic acids is 2. The summed E-state index contributed by atoms with van der Waals surface area (Å²) >= 11 is 0. The Balaban J connectivity index is 2.84. The minimum atomic E-state index is -0.790. The van der Waals surface area contributed by atoms with Gasteiger partial charge in [-0.05, 0) is 45.6 Å². The van der Waals surface area contributed by atoms with Crippen LogP contribution in [0.2, 0.25) is 0 Å². The van der Waals surface area contributed by atoms with Gasteiger partial charge >= 0.3 is 12.2 Å². The highest BCUT2D eigenvalue weighted by Gasteiger charge is 2.34. The van der Waals surface area contributed by atoms with Crippen LogP contribution in [0.3, 0.4) is 0 Å². The summed E-state index contributed by atoms with van der Waals surface area (Å²) in [4.78, 5) is 23.6. The Morgan fingerprint density at radius 3 is 2.30 bits per heavy atom. The van der Waals surface area contributed by atoms with Gasteiger partial charge in [0.2, 0.25) is 0 Å². The lowest BCUT2D eigenvalue weighted by Crippen LogP contribution is -2.50. The van der Waals surface area contributed by atoms with E-state index in [0.29, 0.717) is 0 Å². The number of carbonyl (C=O) groups is 2. The summed E-state index contributed by atoms with van der Waals surface area (Å²) in [7, 11) is 1.25. The quantitative estimate of drug-likeness (QED) is 0.614. The molecular formula is C17H29NO5. The van der Waals surface area contributed by atoms with E-state index < -0.39 is 24.0 Å². The van der Waals surface area contributed by atoms with Gasteiger partial charge in [-0.25, -0.2) is 9.59 Å². The smallest absolute Gasteiger partial charge is 0.444 e. The highest BCUT2D eigenvalue weighted by Crippen LogP contribution is 2.29. The normalized spacial score (nSPS) is 18.4. The molecule has 0 radical (unpaired) electrons. The minimum Gasteiger partial charge on any atom is -0.444 e. The molecule has 6 nitrogen and oxygen atoms in total. The van der Waals surface area contributed by atoms with Crippen LogP contribution in [0.4, 0.5) is 9.59 Å². The Hall–Kier alpha value is -1.72. The van der Waals surface area contributed by atoms with Crippen molar-refractivity contribution < 1.29 is 23.8 Å². The molecule has 1 aliphatic rings. The Bertz CT molecular complexity index is 410. The number of rotatable bonds is 5. The average Bonchev–Trinajstić information content (AvgIpc) is 2.49. The Morgan fingerprint density at radius 2 is 1.83 bits per heavy atom. The fraction of sp³-hybridized carbons (Fsp3) is 0.765. The van der Waals surface area contributed by atoms with E-state index in [9.17, 15) is 9.59 Å². The topological polar surface area (TPSA) is 73.9 Å². The highest BCUT2D eigenvalue weighted by molar-refractivity contribution is 5.68. The third-order valence-electron chi connectivity index (χ3n) is 3.83. The standard InChI is InChI=1S/C17H29NO5/c1-6-13(22-16(20)21-5)14(12-10-8-7-9-11-12)18-15(19)23-17(2,3)4/h6,12-14H,1,7-11H2,2-5H3,(H,18,19)/t13-,14+/m0/s1. The first kappa shape index (κ1) is 19.3. The van der Waals surface area contributed by atoms with E-state index in [1.54, 1.807) is 20.8 Å². The van der Waals surface area contributed by atoms with Crippen LogP contribution >= 0.6 is 0 Å². The Labute approximate surface area is 138 Å². The van der Waals surface area contributed by atoms with E-state index >= 15 is 0 Å². The van der Waals surface area contributed by atoms with Gasteiger partial charge in [0.1, 0.15) is 11.7 Å². The lowest BCUT2D eigenvalue weighted by atomic mass is 9.81. The first-order valence-electron chi connectivity index (χ1n) is 8.13. The fourth-order valence-electron chi connectivity index (χ4n) is 2.83. The predicted molar refractivity (Wildman–Crippen MR) is 87.2 cm³/mol. The molecule has 1 amide bonds. The van der Waals surface area contributed by atoms with Gasteiger partial charge in [0.05, 0.1) is 13.2 Å². The van der Waals surface area contributed by atoms with Gasteiger partial charge < -0.3 is 19.5 Å². The SMILES string of the molecule is C=C[C@H](OC(=O)OC)[C@H](NC(=O)OC(C)(C)C)C1CCCCC1. The molecule has 1 fully saturated rings. The molecule has 0 aromatic rings. The lowest BCUT2D eigenvalue weighted by Gasteiger charge is -2.34. The van der Waals surface area contributed by atoms with Crippen LogP contribution < -0.4 is 5.32 Å². The number of ether oxygens (including phenoxy) is 3. The van der Waals surface area contributed by atoms with E-state index in [1.807, 2.05) is 0 Å². The van der Waals surface area contributed by atoms with Crippen LogP contribution in [-0.4, -0.2) is 37.1 Å². The van der Waals surface area contributed by atoms with E-state index in [0.717, 1.165) is 25.7 Å². The average molecular weight is 327 g/mol. The summed E-state index contributed by atoms with van der Waals surface area (Å²) in [6, 6.07) is -0.373. The number of amides is 1. The maximum atomic E-state index is 12.1. The highest BCUT2D eigenvalue weighted by atomic mass is 16.7. The van der Waals surface area contributed by atoms with E-state index in [-0.39, 0.29) is 12.0 Å². The van der Waals surface area contributed by atoms with Gasteiger partial charge in [-0.2, -0.15) is 0 Å². The van der Waals surface area contributed by atoms with Crippen LogP contribution in [0, 0.1) is 5.92 Å². The van der Waals surface area contributed by atoms with Gasteiger partial charge in [-0.3, -0.25) is 0 Å². The summed E-state index contributed by atoms with van der Waals surface area (Å²) < 4.78 is 15.1. The van der Waals surface area contributed by atoms with Crippen LogP contribution in [0.5, 0.6) is 0 Å². The second-order valence-corrected chi connectivity index (χ2v) is 6.84. The second-order valence-electron chi connectivity index (χ2n) is 6.84. The molecule has 0 aromatic heterocycles. The summed E-state index contributed by atoms with van der Waals surface area (Å²) in [6.07, 6.45) is 4.87. The number of nitrogens with one attached hydrogen (secondary N) is 1. The summed E-state index contributed by atoms with van der Waals surface area (Å²) in [5, 5.41) is 2.86. The molecule has 0 spiro atoms. The third-order valence-corrected chi connectivity index (χ3v) is 3.83. The van der Waals surface area contributed by atoms with Gasteiger partial charge in [0.15, 0.2) is 0 Å². The van der Waals surface area contributed by atoms with Crippen LogP contribution in [-0.2, 0) is 14.2 Å². The molecule has 0 unspecified atom stereocenters. The summed E-state index contributed by atoms with van der Waals surface area (Å²) in [5.74, 6) is 0.212. The zero-order valence-electron chi connectivity index (χ0n) is 14.6. The van der Waals surface area contributed by atoms with E-state index in [4.69, 9.17) is 9.47 Å². The fourth-order valence-corrected chi connectivity index (χ4v) is 2.83. The molecule has 1 N–H and O–H groups in total. The van der Waals surface area contributed by atoms with E-state index in [1.165, 1.54) is 19.6 Å². The van der Waals surface area contributed by atoms with Crippen molar-refractivity contribution in [2.75, 3.05) is 7.11 Å². The zero-order chi connectivity index (χ0) is 17.5. The van der Waals surface area contributed by atoms with Crippen molar-refractivity contribution in [3.05, 3.63) is 12.7 Å². The number of hydrogen-bond acceptors (Lipinski definition) is 5. The summed E-state index contributed by atoms with van der Waals surface area (Å²) in [5.41, 5.74) is -0.589.